The molecule has 1 amide bonds. The number of hydrogen-bond donors (Lipinski definition) is 0. The molecule has 4 heterocycles. The summed E-state index contributed by atoms with van der Waals surface area (Å²) in [4.78, 5) is 23.2. The molecule has 23 heavy (non-hydrogen) atoms. The van der Waals surface area contributed by atoms with E-state index >= 15 is 0 Å². The molecular weight excluding hydrogens is 296 g/mol. The normalized spacial score (nSPS) is 24.4. The minimum Gasteiger partial charge on any atom is -0.381 e. The number of carbonyl (C=O) groups is 1. The average molecular weight is 316 g/mol. The van der Waals surface area contributed by atoms with Crippen molar-refractivity contribution in [2.75, 3.05) is 19.8 Å². The van der Waals surface area contributed by atoms with Crippen LogP contribution in [0.4, 0.5) is 0 Å². The SMILES string of the molecule is O=C(C1CCOC1)N1Cc2nccn2CC(Cn2cncn2)C1. The Morgan fingerprint density at radius 2 is 2.35 bits per heavy atom. The van der Waals surface area contributed by atoms with Crippen LogP contribution in [0.3, 0.4) is 0 Å². The number of carbonyl (C=O) groups excluding carboxylic acids is 1. The summed E-state index contributed by atoms with van der Waals surface area (Å²) in [6, 6.07) is 0. The molecule has 4 rings (SSSR count). The number of amides is 1. The fraction of sp³-hybridized carbons (Fsp3) is 0.600. The topological polar surface area (TPSA) is 78.1 Å². The Balaban J connectivity index is 1.55. The highest BCUT2D eigenvalue weighted by atomic mass is 16.5. The lowest BCUT2D eigenvalue weighted by Crippen LogP contribution is -2.39. The van der Waals surface area contributed by atoms with Crippen molar-refractivity contribution in [1.82, 2.24) is 29.2 Å². The van der Waals surface area contributed by atoms with E-state index < -0.39 is 0 Å². The summed E-state index contributed by atoms with van der Waals surface area (Å²) >= 11 is 0. The quantitative estimate of drug-likeness (QED) is 0.806. The molecule has 2 unspecified atom stereocenters. The van der Waals surface area contributed by atoms with Crippen LogP contribution in [-0.2, 0) is 29.2 Å². The van der Waals surface area contributed by atoms with E-state index in [4.69, 9.17) is 4.74 Å². The van der Waals surface area contributed by atoms with Gasteiger partial charge in [-0.15, -0.1) is 0 Å². The van der Waals surface area contributed by atoms with Gasteiger partial charge in [0.15, 0.2) is 0 Å². The highest BCUT2D eigenvalue weighted by Gasteiger charge is 2.32. The molecule has 122 valence electrons. The Labute approximate surface area is 134 Å². The Kier molecular flexibility index (Phi) is 3.82. The van der Waals surface area contributed by atoms with Gasteiger partial charge in [0.2, 0.25) is 5.91 Å². The Bertz CT molecular complexity index is 661. The van der Waals surface area contributed by atoms with E-state index in [2.05, 4.69) is 19.6 Å². The van der Waals surface area contributed by atoms with Crippen molar-refractivity contribution in [3.63, 3.8) is 0 Å². The summed E-state index contributed by atoms with van der Waals surface area (Å²) in [7, 11) is 0. The molecule has 0 aromatic carbocycles. The summed E-state index contributed by atoms with van der Waals surface area (Å²) in [5.74, 6) is 1.39. The maximum absolute atomic E-state index is 12.8. The lowest BCUT2D eigenvalue weighted by atomic mass is 10.1. The van der Waals surface area contributed by atoms with E-state index in [9.17, 15) is 4.79 Å². The standard InChI is InChI=1S/C15H20N6O2/c22-15(13-1-4-23-9-13)20-6-12(7-21-11-16-10-18-21)5-19-3-2-17-14(19)8-20/h2-3,10-13H,1,4-9H2. The first-order valence-corrected chi connectivity index (χ1v) is 7.98. The summed E-state index contributed by atoms with van der Waals surface area (Å²) in [6.07, 6.45) is 7.86. The molecule has 8 heteroatoms. The maximum atomic E-state index is 12.8. The van der Waals surface area contributed by atoms with Crippen LogP contribution < -0.4 is 0 Å². The number of hydrogen-bond acceptors (Lipinski definition) is 5. The third kappa shape index (κ3) is 2.98. The fourth-order valence-corrected chi connectivity index (χ4v) is 3.40. The van der Waals surface area contributed by atoms with Gasteiger partial charge >= 0.3 is 0 Å². The highest BCUT2D eigenvalue weighted by Crippen LogP contribution is 2.22. The van der Waals surface area contributed by atoms with E-state index in [0.717, 1.165) is 25.3 Å². The molecule has 2 aliphatic heterocycles. The van der Waals surface area contributed by atoms with E-state index in [1.807, 2.05) is 15.8 Å². The zero-order valence-corrected chi connectivity index (χ0v) is 12.9. The van der Waals surface area contributed by atoms with E-state index in [-0.39, 0.29) is 17.7 Å². The molecule has 0 saturated carbocycles. The Morgan fingerprint density at radius 1 is 1.39 bits per heavy atom. The average Bonchev–Trinajstić information content (AvgIpc) is 3.28. The molecule has 0 aliphatic carbocycles. The van der Waals surface area contributed by atoms with Crippen LogP contribution in [0.25, 0.3) is 0 Å². The molecule has 2 atom stereocenters. The number of imidazole rings is 1. The van der Waals surface area contributed by atoms with Gasteiger partial charge in [-0.25, -0.2) is 9.97 Å². The van der Waals surface area contributed by atoms with Crippen molar-refractivity contribution < 1.29 is 9.53 Å². The summed E-state index contributed by atoms with van der Waals surface area (Å²) in [5.41, 5.74) is 0. The zero-order chi connectivity index (χ0) is 15.6. The minimum atomic E-state index is -0.0106. The van der Waals surface area contributed by atoms with E-state index in [1.165, 1.54) is 6.33 Å². The number of aromatic nitrogens is 5. The third-order valence-corrected chi connectivity index (χ3v) is 4.57. The third-order valence-electron chi connectivity index (χ3n) is 4.57. The molecule has 8 nitrogen and oxygen atoms in total. The molecule has 1 fully saturated rings. The first-order valence-electron chi connectivity index (χ1n) is 7.98. The zero-order valence-electron chi connectivity index (χ0n) is 12.9. The molecule has 0 spiro atoms. The highest BCUT2D eigenvalue weighted by molar-refractivity contribution is 5.79. The predicted octanol–water partition coefficient (Wildman–Crippen LogP) is 0.170. The van der Waals surface area contributed by atoms with Gasteiger partial charge < -0.3 is 14.2 Å². The first kappa shape index (κ1) is 14.4. The second-order valence-corrected chi connectivity index (χ2v) is 6.26. The monoisotopic (exact) mass is 316 g/mol. The lowest BCUT2D eigenvalue weighted by Gasteiger charge is -2.26. The molecule has 0 N–H and O–H groups in total. The van der Waals surface area contributed by atoms with Gasteiger partial charge in [-0.3, -0.25) is 9.48 Å². The largest absolute Gasteiger partial charge is 0.381 e. The van der Waals surface area contributed by atoms with Crippen LogP contribution in [-0.4, -0.2) is 54.9 Å². The molecule has 0 bridgehead atoms. The first-order chi connectivity index (χ1) is 11.3. The maximum Gasteiger partial charge on any atom is 0.228 e. The minimum absolute atomic E-state index is 0.0106. The van der Waals surface area contributed by atoms with Gasteiger partial charge in [0, 0.05) is 44.6 Å². The van der Waals surface area contributed by atoms with Crippen molar-refractivity contribution in [3.05, 3.63) is 30.9 Å². The van der Waals surface area contributed by atoms with Crippen LogP contribution in [0.15, 0.2) is 25.0 Å². The number of ether oxygens (including phenoxy) is 1. The second kappa shape index (κ2) is 6.11. The molecule has 0 radical (unpaired) electrons. The van der Waals surface area contributed by atoms with E-state index in [0.29, 0.717) is 26.3 Å². The smallest absolute Gasteiger partial charge is 0.228 e. The number of fused-ring (bicyclic) bond motifs is 1. The predicted molar refractivity (Wildman–Crippen MR) is 80.1 cm³/mol. The molecule has 2 aliphatic rings. The summed E-state index contributed by atoms with van der Waals surface area (Å²) in [5, 5.41) is 4.19. The van der Waals surface area contributed by atoms with Crippen LogP contribution in [0, 0.1) is 11.8 Å². The van der Waals surface area contributed by atoms with Crippen molar-refractivity contribution >= 4 is 5.91 Å². The van der Waals surface area contributed by atoms with Gasteiger partial charge in [0.25, 0.3) is 0 Å². The Hall–Kier alpha value is -2.22. The van der Waals surface area contributed by atoms with Crippen molar-refractivity contribution in [2.45, 2.75) is 26.1 Å². The van der Waals surface area contributed by atoms with Crippen LogP contribution in [0.1, 0.15) is 12.2 Å². The van der Waals surface area contributed by atoms with Crippen LogP contribution >= 0.6 is 0 Å². The second-order valence-electron chi connectivity index (χ2n) is 6.26. The molecular formula is C15H20N6O2. The van der Waals surface area contributed by atoms with Crippen molar-refractivity contribution in [1.29, 1.82) is 0 Å². The van der Waals surface area contributed by atoms with Crippen molar-refractivity contribution in [2.24, 2.45) is 11.8 Å². The van der Waals surface area contributed by atoms with Gasteiger partial charge in [0.1, 0.15) is 18.5 Å². The lowest BCUT2D eigenvalue weighted by molar-refractivity contribution is -0.136. The summed E-state index contributed by atoms with van der Waals surface area (Å²) in [6.45, 7) is 4.07. The van der Waals surface area contributed by atoms with Gasteiger partial charge in [-0.2, -0.15) is 5.10 Å². The van der Waals surface area contributed by atoms with E-state index in [1.54, 1.807) is 12.5 Å². The van der Waals surface area contributed by atoms with Crippen LogP contribution in [0.5, 0.6) is 0 Å². The number of nitrogens with zero attached hydrogens (tertiary/aromatic N) is 6. The Morgan fingerprint density at radius 3 is 3.13 bits per heavy atom. The van der Waals surface area contributed by atoms with Crippen molar-refractivity contribution in [3.8, 4) is 0 Å². The van der Waals surface area contributed by atoms with Gasteiger partial charge in [-0.05, 0) is 6.42 Å². The van der Waals surface area contributed by atoms with Crippen LogP contribution in [0.2, 0.25) is 0 Å². The number of rotatable bonds is 3. The molecule has 1 saturated heterocycles. The van der Waals surface area contributed by atoms with Gasteiger partial charge in [-0.1, -0.05) is 0 Å². The fourth-order valence-electron chi connectivity index (χ4n) is 3.40. The van der Waals surface area contributed by atoms with Gasteiger partial charge in [0.05, 0.1) is 19.1 Å². The summed E-state index contributed by atoms with van der Waals surface area (Å²) < 4.78 is 9.34. The molecule has 2 aromatic rings. The molecule has 2 aromatic heterocycles.